The van der Waals surface area contributed by atoms with Crippen LogP contribution in [0.4, 0.5) is 0 Å². The topological polar surface area (TPSA) is 37.3 Å². The quantitative estimate of drug-likeness (QED) is 0.784. The predicted molar refractivity (Wildman–Crippen MR) is 42.0 cm³/mol. The van der Waals surface area contributed by atoms with Crippen molar-refractivity contribution in [1.82, 2.24) is 0 Å². The van der Waals surface area contributed by atoms with E-state index in [2.05, 4.69) is 6.07 Å². The van der Waals surface area contributed by atoms with Gasteiger partial charge >= 0.3 is 5.97 Å². The van der Waals surface area contributed by atoms with E-state index in [0.29, 0.717) is 0 Å². The zero-order valence-corrected chi connectivity index (χ0v) is 10.1. The summed E-state index contributed by atoms with van der Waals surface area (Å²) in [6, 6.07) is 5.75. The van der Waals surface area contributed by atoms with Gasteiger partial charge in [-0.1, -0.05) is 11.9 Å². The first-order valence-electron chi connectivity index (χ1n) is 3.02. The largest absolute Gasteiger partial charge is 0.479 e. The average Bonchev–Trinajstić information content (AvgIpc) is 1.94. The molecule has 12 heavy (non-hydrogen) atoms. The molecule has 0 amide bonds. The fourth-order valence-corrected chi connectivity index (χ4v) is 0.936. The molecule has 0 heterocycles. The Kier molecular flexibility index (Phi) is 4.99. The Hall–Kier alpha value is 0.0839. The summed E-state index contributed by atoms with van der Waals surface area (Å²) in [6.07, 6.45) is 0. The normalized spacial score (nSPS) is 8.83. The second-order valence-corrected chi connectivity index (χ2v) is 2.59. The van der Waals surface area contributed by atoms with Crippen molar-refractivity contribution < 1.29 is 42.6 Å². The Morgan fingerprint density at radius 2 is 2.25 bits per heavy atom. The number of carboxylic acids is 1. The Morgan fingerprint density at radius 1 is 1.67 bits per heavy atom. The van der Waals surface area contributed by atoms with E-state index in [4.69, 9.17) is 16.7 Å². The second kappa shape index (κ2) is 4.95. The van der Waals surface area contributed by atoms with E-state index in [1.54, 1.807) is 6.92 Å². The molecule has 1 rings (SSSR count). The monoisotopic (exact) mass is 258 g/mol. The molecule has 2 nitrogen and oxygen atoms in total. The molecule has 0 aliphatic heterocycles. The van der Waals surface area contributed by atoms with Gasteiger partial charge < -0.3 is 5.11 Å². The summed E-state index contributed by atoms with van der Waals surface area (Å²) in [6.45, 7) is 1.77. The molecule has 0 fully saturated rings. The van der Waals surface area contributed by atoms with Gasteiger partial charge in [0.2, 0.25) is 0 Å². The van der Waals surface area contributed by atoms with Crippen LogP contribution in [0.5, 0.6) is 0 Å². The molecule has 0 saturated heterocycles. The van der Waals surface area contributed by atoms with Gasteiger partial charge in [-0.3, -0.25) is 0 Å². The molecule has 0 aliphatic rings. The summed E-state index contributed by atoms with van der Waals surface area (Å²) in [5.41, 5.74) is 0.898. The summed E-state index contributed by atoms with van der Waals surface area (Å²) in [4.78, 5) is 10.5. The van der Waals surface area contributed by atoms with E-state index in [9.17, 15) is 4.79 Å². The standard InChI is InChI=1S/C8H6ClO2.Y/c1-5-2-3-7(9)6(4-5)8(10)11;/h3-4H,1H3,(H,10,11);/q-1;. The zero-order chi connectivity index (χ0) is 8.43. The number of halogens is 1. The molecule has 1 aromatic carbocycles. The van der Waals surface area contributed by atoms with Crippen LogP contribution in [0.2, 0.25) is 5.02 Å². The van der Waals surface area contributed by atoms with Crippen LogP contribution in [-0.4, -0.2) is 11.1 Å². The molecule has 0 bridgehead atoms. The fourth-order valence-electron chi connectivity index (χ4n) is 0.746. The molecule has 0 saturated carbocycles. The molecule has 0 unspecified atom stereocenters. The third-order valence-electron chi connectivity index (χ3n) is 1.28. The first-order valence-corrected chi connectivity index (χ1v) is 3.40. The first kappa shape index (κ1) is 12.1. The fraction of sp³-hybridized carbons (Fsp3) is 0.125. The molecular formula is C8H6ClO2Y-. The molecule has 4 heteroatoms. The molecular weight excluding hydrogens is 252 g/mol. The Labute approximate surface area is 101 Å². The minimum atomic E-state index is -1.01. The maximum atomic E-state index is 10.5. The zero-order valence-electron chi connectivity index (χ0n) is 6.47. The van der Waals surface area contributed by atoms with Gasteiger partial charge in [0.05, 0.1) is 0 Å². The molecule has 1 N–H and O–H groups in total. The van der Waals surface area contributed by atoms with Gasteiger partial charge in [-0.15, -0.1) is 0 Å². The van der Waals surface area contributed by atoms with Crippen molar-refractivity contribution in [2.75, 3.05) is 0 Å². The number of rotatable bonds is 1. The number of carbonyl (C=O) groups is 1. The van der Waals surface area contributed by atoms with Gasteiger partial charge in [0.25, 0.3) is 0 Å². The van der Waals surface area contributed by atoms with Gasteiger partial charge in [0, 0.05) is 32.7 Å². The number of benzene rings is 1. The number of hydrogen-bond acceptors (Lipinski definition) is 1. The van der Waals surface area contributed by atoms with Crippen LogP contribution in [0.15, 0.2) is 12.1 Å². The minimum Gasteiger partial charge on any atom is -0.479 e. The molecule has 0 atom stereocenters. The van der Waals surface area contributed by atoms with Crippen molar-refractivity contribution in [2.24, 2.45) is 0 Å². The van der Waals surface area contributed by atoms with E-state index in [1.165, 1.54) is 12.1 Å². The van der Waals surface area contributed by atoms with E-state index in [1.807, 2.05) is 0 Å². The van der Waals surface area contributed by atoms with Crippen molar-refractivity contribution >= 4 is 17.6 Å². The van der Waals surface area contributed by atoms with Gasteiger partial charge in [0.15, 0.2) is 0 Å². The van der Waals surface area contributed by atoms with Crippen LogP contribution in [0.25, 0.3) is 0 Å². The summed E-state index contributed by atoms with van der Waals surface area (Å²) in [7, 11) is 0. The first-order chi connectivity index (χ1) is 5.11. The van der Waals surface area contributed by atoms with Crippen molar-refractivity contribution in [3.8, 4) is 0 Å². The Bertz CT molecular complexity index is 299. The molecule has 0 aliphatic carbocycles. The van der Waals surface area contributed by atoms with Gasteiger partial charge in [-0.2, -0.15) is 35.4 Å². The molecule has 61 valence electrons. The second-order valence-electron chi connectivity index (χ2n) is 2.18. The van der Waals surface area contributed by atoms with Crippen LogP contribution in [-0.2, 0) is 32.7 Å². The van der Waals surface area contributed by atoms with Crippen molar-refractivity contribution in [3.63, 3.8) is 0 Å². The number of aryl methyl sites for hydroxylation is 1. The van der Waals surface area contributed by atoms with Crippen LogP contribution in [0, 0.1) is 13.0 Å². The molecule has 0 spiro atoms. The third-order valence-corrected chi connectivity index (χ3v) is 1.59. The SMILES string of the molecule is Cc1[c-]cc(Cl)c(C(=O)O)c1.[Y]. The summed E-state index contributed by atoms with van der Waals surface area (Å²) in [5.74, 6) is -1.01. The predicted octanol–water partition coefficient (Wildman–Crippen LogP) is 2.14. The van der Waals surface area contributed by atoms with Crippen LogP contribution in [0.1, 0.15) is 15.9 Å². The van der Waals surface area contributed by atoms with Crippen molar-refractivity contribution in [1.29, 1.82) is 0 Å². The molecule has 1 aromatic rings. The Morgan fingerprint density at radius 3 is 2.67 bits per heavy atom. The number of carboxylic acid groups (broad SMARTS) is 1. The third kappa shape index (κ3) is 2.85. The van der Waals surface area contributed by atoms with Crippen LogP contribution in [0.3, 0.4) is 0 Å². The van der Waals surface area contributed by atoms with Crippen molar-refractivity contribution in [2.45, 2.75) is 6.92 Å². The van der Waals surface area contributed by atoms with Crippen LogP contribution < -0.4 is 0 Å². The summed E-state index contributed by atoms with van der Waals surface area (Å²) in [5, 5.41) is 8.82. The van der Waals surface area contributed by atoms with Crippen molar-refractivity contribution in [3.05, 3.63) is 34.3 Å². The van der Waals surface area contributed by atoms with Crippen LogP contribution >= 0.6 is 11.6 Å². The average molecular weight is 258 g/mol. The minimum absolute atomic E-state index is 0. The number of aromatic carboxylic acids is 1. The number of hydrogen-bond donors (Lipinski definition) is 1. The van der Waals surface area contributed by atoms with Gasteiger partial charge in [-0.05, 0) is 5.56 Å². The summed E-state index contributed by atoms with van der Waals surface area (Å²) >= 11 is 5.58. The molecule has 1 radical (unpaired) electrons. The van der Waals surface area contributed by atoms with E-state index in [0.717, 1.165) is 5.56 Å². The van der Waals surface area contributed by atoms with Gasteiger partial charge in [0.1, 0.15) is 0 Å². The van der Waals surface area contributed by atoms with E-state index in [-0.39, 0.29) is 43.3 Å². The van der Waals surface area contributed by atoms with E-state index < -0.39 is 5.97 Å². The van der Waals surface area contributed by atoms with Gasteiger partial charge in [-0.25, -0.2) is 4.79 Å². The Balaban J connectivity index is 0.00000121. The maximum absolute atomic E-state index is 10.5. The smallest absolute Gasteiger partial charge is 0.312 e. The van der Waals surface area contributed by atoms with E-state index >= 15 is 0 Å². The molecule has 0 aromatic heterocycles. The maximum Gasteiger partial charge on any atom is 0.312 e. The summed E-state index contributed by atoms with van der Waals surface area (Å²) < 4.78 is 0.